The summed E-state index contributed by atoms with van der Waals surface area (Å²) in [6.07, 6.45) is 1.04. The molecule has 0 saturated heterocycles. The molecular formula is C11H9N3O2. The SMILES string of the molecule is C=CC(=O)Nc1c(C#N)cccc1C(N)=O. The maximum absolute atomic E-state index is 11.1. The Bertz CT molecular complexity index is 500. The maximum Gasteiger partial charge on any atom is 0.250 e. The normalized spacial score (nSPS) is 8.94. The molecule has 0 aliphatic heterocycles. The first-order chi connectivity index (χ1) is 7.60. The first kappa shape index (κ1) is 11.5. The lowest BCUT2D eigenvalue weighted by Gasteiger charge is -2.08. The minimum absolute atomic E-state index is 0.0919. The maximum atomic E-state index is 11.1. The van der Waals surface area contributed by atoms with Gasteiger partial charge >= 0.3 is 0 Å². The van der Waals surface area contributed by atoms with E-state index in [1.165, 1.54) is 18.2 Å². The van der Waals surface area contributed by atoms with Crippen LogP contribution in [0, 0.1) is 11.3 Å². The quantitative estimate of drug-likeness (QED) is 0.729. The number of para-hydroxylation sites is 1. The van der Waals surface area contributed by atoms with Gasteiger partial charge in [0.15, 0.2) is 0 Å². The molecule has 3 N–H and O–H groups in total. The molecule has 80 valence electrons. The first-order valence-electron chi connectivity index (χ1n) is 4.36. The molecule has 0 atom stereocenters. The van der Waals surface area contributed by atoms with Crippen LogP contribution in [-0.4, -0.2) is 11.8 Å². The van der Waals surface area contributed by atoms with Gasteiger partial charge in [-0.05, 0) is 18.2 Å². The third kappa shape index (κ3) is 2.25. The number of rotatable bonds is 3. The van der Waals surface area contributed by atoms with Gasteiger partial charge in [0.25, 0.3) is 5.91 Å². The fourth-order valence-corrected chi connectivity index (χ4v) is 1.16. The van der Waals surface area contributed by atoms with Crippen LogP contribution in [0.1, 0.15) is 15.9 Å². The second-order valence-electron chi connectivity index (χ2n) is 2.90. The van der Waals surface area contributed by atoms with Gasteiger partial charge in [-0.3, -0.25) is 9.59 Å². The summed E-state index contributed by atoms with van der Waals surface area (Å²) >= 11 is 0. The molecule has 5 nitrogen and oxygen atoms in total. The molecule has 1 rings (SSSR count). The Labute approximate surface area is 92.2 Å². The van der Waals surface area contributed by atoms with Crippen LogP contribution in [0.25, 0.3) is 0 Å². The van der Waals surface area contributed by atoms with Gasteiger partial charge in [-0.2, -0.15) is 5.26 Å². The Morgan fingerprint density at radius 1 is 1.50 bits per heavy atom. The summed E-state index contributed by atoms with van der Waals surface area (Å²) in [5.41, 5.74) is 5.51. The fraction of sp³-hybridized carbons (Fsp3) is 0. The predicted molar refractivity (Wildman–Crippen MR) is 58.5 cm³/mol. The fourth-order valence-electron chi connectivity index (χ4n) is 1.16. The number of primary amides is 1. The summed E-state index contributed by atoms with van der Waals surface area (Å²) in [6.45, 7) is 3.28. The van der Waals surface area contributed by atoms with E-state index in [0.717, 1.165) is 6.08 Å². The van der Waals surface area contributed by atoms with Crippen molar-refractivity contribution in [1.82, 2.24) is 0 Å². The zero-order valence-corrected chi connectivity index (χ0v) is 8.36. The minimum Gasteiger partial charge on any atom is -0.366 e. The Morgan fingerprint density at radius 2 is 2.19 bits per heavy atom. The highest BCUT2D eigenvalue weighted by Gasteiger charge is 2.13. The molecule has 16 heavy (non-hydrogen) atoms. The van der Waals surface area contributed by atoms with Crippen molar-refractivity contribution in [3.05, 3.63) is 42.0 Å². The number of nitrogens with two attached hydrogens (primary N) is 1. The highest BCUT2D eigenvalue weighted by molar-refractivity contribution is 6.07. The molecule has 0 bridgehead atoms. The van der Waals surface area contributed by atoms with E-state index in [4.69, 9.17) is 11.0 Å². The van der Waals surface area contributed by atoms with Crippen LogP contribution in [0.3, 0.4) is 0 Å². The molecule has 2 amide bonds. The number of anilines is 1. The lowest BCUT2D eigenvalue weighted by Crippen LogP contribution is -2.17. The monoisotopic (exact) mass is 215 g/mol. The molecule has 0 radical (unpaired) electrons. The smallest absolute Gasteiger partial charge is 0.250 e. The van der Waals surface area contributed by atoms with Crippen LogP contribution >= 0.6 is 0 Å². The Kier molecular flexibility index (Phi) is 3.41. The Morgan fingerprint density at radius 3 is 2.69 bits per heavy atom. The van der Waals surface area contributed by atoms with Crippen molar-refractivity contribution >= 4 is 17.5 Å². The largest absolute Gasteiger partial charge is 0.366 e. The van der Waals surface area contributed by atoms with Crippen molar-refractivity contribution in [2.24, 2.45) is 5.73 Å². The summed E-state index contributed by atoms with van der Waals surface area (Å²) in [5.74, 6) is -1.22. The van der Waals surface area contributed by atoms with Crippen LogP contribution < -0.4 is 11.1 Å². The van der Waals surface area contributed by atoms with Crippen LogP contribution in [0.2, 0.25) is 0 Å². The van der Waals surface area contributed by atoms with Crippen molar-refractivity contribution in [1.29, 1.82) is 5.26 Å². The van der Waals surface area contributed by atoms with E-state index in [0.29, 0.717) is 0 Å². The minimum atomic E-state index is -0.712. The molecule has 0 fully saturated rings. The highest BCUT2D eigenvalue weighted by atomic mass is 16.2. The molecule has 0 spiro atoms. The number of carbonyl (C=O) groups excluding carboxylic acids is 2. The zero-order valence-electron chi connectivity index (χ0n) is 8.36. The van der Waals surface area contributed by atoms with E-state index in [2.05, 4.69) is 11.9 Å². The predicted octanol–water partition coefficient (Wildman–Crippen LogP) is 0.782. The van der Waals surface area contributed by atoms with Crippen LogP contribution in [-0.2, 0) is 4.79 Å². The molecular weight excluding hydrogens is 206 g/mol. The molecule has 0 saturated carbocycles. The average molecular weight is 215 g/mol. The number of nitriles is 1. The van der Waals surface area contributed by atoms with E-state index in [9.17, 15) is 9.59 Å². The van der Waals surface area contributed by atoms with E-state index < -0.39 is 11.8 Å². The van der Waals surface area contributed by atoms with Crippen molar-refractivity contribution < 1.29 is 9.59 Å². The van der Waals surface area contributed by atoms with Gasteiger partial charge in [0.2, 0.25) is 5.91 Å². The van der Waals surface area contributed by atoms with Gasteiger partial charge in [-0.1, -0.05) is 12.6 Å². The van der Waals surface area contributed by atoms with Gasteiger partial charge in [-0.25, -0.2) is 0 Å². The van der Waals surface area contributed by atoms with Gasteiger partial charge in [0.1, 0.15) is 6.07 Å². The average Bonchev–Trinajstić information content (AvgIpc) is 2.28. The third-order valence-electron chi connectivity index (χ3n) is 1.88. The van der Waals surface area contributed by atoms with Crippen LogP contribution in [0.4, 0.5) is 5.69 Å². The molecule has 0 aliphatic rings. The van der Waals surface area contributed by atoms with E-state index in [1.807, 2.05) is 6.07 Å². The van der Waals surface area contributed by atoms with Crippen molar-refractivity contribution in [3.63, 3.8) is 0 Å². The number of nitrogens with one attached hydrogen (secondary N) is 1. The standard InChI is InChI=1S/C11H9N3O2/c1-2-9(15)14-10-7(6-12)4-3-5-8(10)11(13)16/h2-5H,1H2,(H2,13,16)(H,14,15). The summed E-state index contributed by atoms with van der Waals surface area (Å²) in [6, 6.07) is 6.29. The first-order valence-corrected chi connectivity index (χ1v) is 4.36. The number of hydrogen-bond acceptors (Lipinski definition) is 3. The lowest BCUT2D eigenvalue weighted by atomic mass is 10.1. The molecule has 0 aliphatic carbocycles. The lowest BCUT2D eigenvalue weighted by molar-refractivity contribution is -0.111. The van der Waals surface area contributed by atoms with E-state index >= 15 is 0 Å². The molecule has 5 heteroatoms. The van der Waals surface area contributed by atoms with Crippen molar-refractivity contribution in [2.75, 3.05) is 5.32 Å². The second kappa shape index (κ2) is 4.75. The van der Waals surface area contributed by atoms with Gasteiger partial charge in [0, 0.05) is 0 Å². The van der Waals surface area contributed by atoms with Gasteiger partial charge < -0.3 is 11.1 Å². The van der Waals surface area contributed by atoms with Crippen molar-refractivity contribution in [3.8, 4) is 6.07 Å². The molecule has 0 heterocycles. The van der Waals surface area contributed by atoms with Crippen LogP contribution in [0.5, 0.6) is 0 Å². The van der Waals surface area contributed by atoms with Crippen LogP contribution in [0.15, 0.2) is 30.9 Å². The number of carbonyl (C=O) groups is 2. The number of hydrogen-bond donors (Lipinski definition) is 2. The molecule has 0 unspecified atom stereocenters. The summed E-state index contributed by atoms with van der Waals surface area (Å²) in [5, 5.41) is 11.2. The summed E-state index contributed by atoms with van der Waals surface area (Å²) in [7, 11) is 0. The number of benzene rings is 1. The summed E-state index contributed by atoms with van der Waals surface area (Å²) in [4.78, 5) is 22.2. The Hall–Kier alpha value is -2.61. The summed E-state index contributed by atoms with van der Waals surface area (Å²) < 4.78 is 0. The Balaban J connectivity index is 3.31. The van der Waals surface area contributed by atoms with E-state index in [-0.39, 0.29) is 16.8 Å². The molecule has 1 aromatic rings. The van der Waals surface area contributed by atoms with E-state index in [1.54, 1.807) is 0 Å². The highest BCUT2D eigenvalue weighted by Crippen LogP contribution is 2.20. The third-order valence-corrected chi connectivity index (χ3v) is 1.88. The van der Waals surface area contributed by atoms with Gasteiger partial charge in [-0.15, -0.1) is 0 Å². The molecule has 0 aromatic heterocycles. The topological polar surface area (TPSA) is 96.0 Å². The van der Waals surface area contributed by atoms with Gasteiger partial charge in [0.05, 0.1) is 16.8 Å². The number of amides is 2. The number of nitrogens with zero attached hydrogens (tertiary/aromatic N) is 1. The molecule has 1 aromatic carbocycles. The zero-order chi connectivity index (χ0) is 12.1. The second-order valence-corrected chi connectivity index (χ2v) is 2.90. The van der Waals surface area contributed by atoms with Crippen molar-refractivity contribution in [2.45, 2.75) is 0 Å².